The van der Waals surface area contributed by atoms with Gasteiger partial charge in [0.25, 0.3) is 0 Å². The fourth-order valence-corrected chi connectivity index (χ4v) is 2.56. The number of rotatable bonds is 5. The van der Waals surface area contributed by atoms with Crippen molar-refractivity contribution in [2.24, 2.45) is 5.41 Å². The number of fused-ring (bicyclic) bond motifs is 1. The molecular weight excluding hydrogens is 348 g/mol. The van der Waals surface area contributed by atoms with E-state index in [0.717, 1.165) is 5.56 Å². The third-order valence-electron chi connectivity index (χ3n) is 4.37. The second-order valence-electron chi connectivity index (χ2n) is 6.81. The molecule has 0 radical (unpaired) electrons. The number of hydrogen-bond donors (Lipinski definition) is 2. The number of hydrogen-bond acceptors (Lipinski definition) is 5. The minimum atomic E-state index is -1.31. The van der Waals surface area contributed by atoms with Crippen molar-refractivity contribution in [3.63, 3.8) is 0 Å². The summed E-state index contributed by atoms with van der Waals surface area (Å²) in [5.41, 5.74) is 0.698. The van der Waals surface area contributed by atoms with Crippen molar-refractivity contribution in [1.29, 1.82) is 0 Å². The lowest BCUT2D eigenvalue weighted by Crippen LogP contribution is -2.41. The van der Waals surface area contributed by atoms with Gasteiger partial charge in [0.1, 0.15) is 11.2 Å². The summed E-state index contributed by atoms with van der Waals surface area (Å²) in [5.74, 6) is 0.826. The monoisotopic (exact) mass is 370 g/mol. The molecule has 2 N–H and O–H groups in total. The van der Waals surface area contributed by atoms with Gasteiger partial charge >= 0.3 is 0 Å². The standard InChI is InChI=1S/C20H22N2O5/c1-12-5-7-15(25-4)14(9-12)22-19(24)20(2,3)18(23)21-13-6-8-16-17(10-13)27-11-26-16/h5-10H,11H2,1-4H3,(H,21,23)(H,22,24). The van der Waals surface area contributed by atoms with Crippen molar-refractivity contribution >= 4 is 23.2 Å². The van der Waals surface area contributed by atoms with Crippen LogP contribution in [0.5, 0.6) is 17.2 Å². The number of nitrogens with one attached hydrogen (secondary N) is 2. The third-order valence-corrected chi connectivity index (χ3v) is 4.37. The molecule has 0 saturated carbocycles. The maximum Gasteiger partial charge on any atom is 0.239 e. The molecule has 142 valence electrons. The summed E-state index contributed by atoms with van der Waals surface area (Å²) < 4.78 is 15.8. The van der Waals surface area contributed by atoms with Gasteiger partial charge in [-0.25, -0.2) is 0 Å². The van der Waals surface area contributed by atoms with Gasteiger partial charge in [0.05, 0.1) is 12.8 Å². The van der Waals surface area contributed by atoms with E-state index in [2.05, 4.69) is 10.6 Å². The Bertz CT molecular complexity index is 892. The molecule has 1 heterocycles. The van der Waals surface area contributed by atoms with E-state index in [4.69, 9.17) is 14.2 Å². The third kappa shape index (κ3) is 3.81. The molecule has 0 unspecified atom stereocenters. The van der Waals surface area contributed by atoms with E-state index in [0.29, 0.717) is 28.6 Å². The fraction of sp³-hybridized carbons (Fsp3) is 0.300. The first-order valence-electron chi connectivity index (χ1n) is 8.48. The van der Waals surface area contributed by atoms with Crippen LogP contribution in [0.15, 0.2) is 36.4 Å². The Morgan fingerprint density at radius 2 is 1.70 bits per heavy atom. The highest BCUT2D eigenvalue weighted by atomic mass is 16.7. The molecule has 0 aromatic heterocycles. The molecule has 3 rings (SSSR count). The number of carbonyl (C=O) groups excluding carboxylic acids is 2. The van der Waals surface area contributed by atoms with Crippen molar-refractivity contribution in [1.82, 2.24) is 0 Å². The van der Waals surface area contributed by atoms with Crippen LogP contribution in [0, 0.1) is 12.3 Å². The van der Waals surface area contributed by atoms with Gasteiger partial charge in [0.2, 0.25) is 18.6 Å². The zero-order valence-electron chi connectivity index (χ0n) is 15.7. The Morgan fingerprint density at radius 3 is 2.44 bits per heavy atom. The Balaban J connectivity index is 1.73. The zero-order chi connectivity index (χ0) is 19.6. The normalized spacial score (nSPS) is 12.4. The molecule has 1 aliphatic rings. The van der Waals surface area contributed by atoms with Crippen LogP contribution < -0.4 is 24.8 Å². The molecule has 0 aliphatic carbocycles. The summed E-state index contributed by atoms with van der Waals surface area (Å²) in [4.78, 5) is 25.5. The van der Waals surface area contributed by atoms with Crippen molar-refractivity contribution in [3.05, 3.63) is 42.0 Å². The van der Waals surface area contributed by atoms with Gasteiger partial charge in [-0.1, -0.05) is 6.07 Å². The lowest BCUT2D eigenvalue weighted by molar-refractivity contribution is -0.135. The van der Waals surface area contributed by atoms with E-state index in [1.165, 1.54) is 7.11 Å². The summed E-state index contributed by atoms with van der Waals surface area (Å²) in [7, 11) is 1.53. The first-order chi connectivity index (χ1) is 12.8. The number of ether oxygens (including phenoxy) is 3. The average Bonchev–Trinajstić information content (AvgIpc) is 3.09. The van der Waals surface area contributed by atoms with Crippen LogP contribution in [0.4, 0.5) is 11.4 Å². The first kappa shape index (κ1) is 18.6. The molecule has 2 aromatic rings. The van der Waals surface area contributed by atoms with Crippen LogP contribution in [-0.4, -0.2) is 25.7 Å². The molecule has 2 aromatic carbocycles. The van der Waals surface area contributed by atoms with E-state index in [9.17, 15) is 9.59 Å². The number of aryl methyl sites for hydroxylation is 1. The largest absolute Gasteiger partial charge is 0.495 e. The number of benzene rings is 2. The van der Waals surface area contributed by atoms with E-state index < -0.39 is 17.2 Å². The van der Waals surface area contributed by atoms with Crippen LogP contribution in [0.25, 0.3) is 0 Å². The maximum atomic E-state index is 12.8. The highest BCUT2D eigenvalue weighted by molar-refractivity contribution is 6.14. The Kier molecular flexibility index (Phi) is 4.94. The fourth-order valence-electron chi connectivity index (χ4n) is 2.56. The van der Waals surface area contributed by atoms with E-state index in [1.54, 1.807) is 44.2 Å². The minimum absolute atomic E-state index is 0.152. The van der Waals surface area contributed by atoms with Crippen LogP contribution in [0.3, 0.4) is 0 Å². The summed E-state index contributed by atoms with van der Waals surface area (Å²) in [6.07, 6.45) is 0. The molecule has 0 spiro atoms. The molecular formula is C20H22N2O5. The number of carbonyl (C=O) groups is 2. The highest BCUT2D eigenvalue weighted by Gasteiger charge is 2.36. The van der Waals surface area contributed by atoms with Crippen LogP contribution in [0.2, 0.25) is 0 Å². The van der Waals surface area contributed by atoms with Gasteiger partial charge in [-0.2, -0.15) is 0 Å². The van der Waals surface area contributed by atoms with Crippen molar-refractivity contribution in [2.45, 2.75) is 20.8 Å². The molecule has 0 bridgehead atoms. The van der Waals surface area contributed by atoms with Gasteiger partial charge in [-0.15, -0.1) is 0 Å². The SMILES string of the molecule is COc1ccc(C)cc1NC(=O)C(C)(C)C(=O)Nc1ccc2c(c1)OCO2. The molecule has 27 heavy (non-hydrogen) atoms. The van der Waals surface area contributed by atoms with Crippen LogP contribution in [-0.2, 0) is 9.59 Å². The van der Waals surface area contributed by atoms with Crippen molar-refractivity contribution in [2.75, 3.05) is 24.5 Å². The average molecular weight is 370 g/mol. The molecule has 1 aliphatic heterocycles. The predicted octanol–water partition coefficient (Wildman–Crippen LogP) is 3.34. The van der Waals surface area contributed by atoms with Crippen LogP contribution >= 0.6 is 0 Å². The zero-order valence-corrected chi connectivity index (χ0v) is 15.7. The molecule has 0 fully saturated rings. The van der Waals surface area contributed by atoms with Gasteiger partial charge in [-0.3, -0.25) is 9.59 Å². The van der Waals surface area contributed by atoms with Gasteiger partial charge in [-0.05, 0) is 50.6 Å². The quantitative estimate of drug-likeness (QED) is 0.789. The summed E-state index contributed by atoms with van der Waals surface area (Å²) >= 11 is 0. The lowest BCUT2D eigenvalue weighted by atomic mass is 9.90. The second kappa shape index (κ2) is 7.19. The number of methoxy groups -OCH3 is 1. The maximum absolute atomic E-state index is 12.8. The van der Waals surface area contributed by atoms with Crippen LogP contribution in [0.1, 0.15) is 19.4 Å². The van der Waals surface area contributed by atoms with E-state index >= 15 is 0 Å². The van der Waals surface area contributed by atoms with E-state index in [-0.39, 0.29) is 6.79 Å². The molecule has 0 saturated heterocycles. The Morgan fingerprint density at radius 1 is 1.00 bits per heavy atom. The van der Waals surface area contributed by atoms with Gasteiger partial charge in [0.15, 0.2) is 11.5 Å². The van der Waals surface area contributed by atoms with Crippen molar-refractivity contribution < 1.29 is 23.8 Å². The van der Waals surface area contributed by atoms with Gasteiger partial charge < -0.3 is 24.8 Å². The summed E-state index contributed by atoms with van der Waals surface area (Å²) in [6, 6.07) is 10.5. The molecule has 7 nitrogen and oxygen atoms in total. The summed E-state index contributed by atoms with van der Waals surface area (Å²) in [5, 5.41) is 5.53. The van der Waals surface area contributed by atoms with E-state index in [1.807, 2.05) is 13.0 Å². The minimum Gasteiger partial charge on any atom is -0.495 e. The molecule has 0 atom stereocenters. The number of anilines is 2. The first-order valence-corrected chi connectivity index (χ1v) is 8.48. The lowest BCUT2D eigenvalue weighted by Gasteiger charge is -2.23. The smallest absolute Gasteiger partial charge is 0.239 e. The topological polar surface area (TPSA) is 85.9 Å². The number of amides is 2. The highest BCUT2D eigenvalue weighted by Crippen LogP contribution is 2.35. The van der Waals surface area contributed by atoms with Crippen molar-refractivity contribution in [3.8, 4) is 17.2 Å². The van der Waals surface area contributed by atoms with Gasteiger partial charge in [0, 0.05) is 11.8 Å². The molecule has 7 heteroatoms. The summed E-state index contributed by atoms with van der Waals surface area (Å²) in [6.45, 7) is 5.19. The Labute approximate surface area is 157 Å². The second-order valence-corrected chi connectivity index (χ2v) is 6.81. The molecule has 2 amide bonds. The Hall–Kier alpha value is -3.22. The predicted molar refractivity (Wildman–Crippen MR) is 101 cm³/mol.